The van der Waals surface area contributed by atoms with Crippen molar-refractivity contribution in [2.45, 2.75) is 69.6 Å². The first-order chi connectivity index (χ1) is 24.7. The Labute approximate surface area is 298 Å². The Hall–Kier alpha value is -5.67. The molecule has 0 saturated carbocycles. The van der Waals surface area contributed by atoms with Gasteiger partial charge in [0, 0.05) is 13.0 Å². The number of carbonyl (C=O) groups is 11. The van der Waals surface area contributed by atoms with E-state index in [2.05, 4.69) is 47.9 Å². The summed E-state index contributed by atoms with van der Waals surface area (Å²) in [4.78, 5) is 133. The number of likely N-dealkylation sites (tertiary alicyclic amines) is 1. The molecule has 4 unspecified atom stereocenters. The Morgan fingerprint density at radius 3 is 1.94 bits per heavy atom. The lowest BCUT2D eigenvalue weighted by atomic mass is 10.1. The number of rotatable bonds is 21. The smallest absolute Gasteiger partial charge is 0.322 e. The molecule has 9 amide bonds. The van der Waals surface area contributed by atoms with Crippen molar-refractivity contribution in [3.8, 4) is 0 Å². The van der Waals surface area contributed by atoms with Crippen molar-refractivity contribution in [2.75, 3.05) is 52.4 Å². The SMILES string of the molecule is CC(NC(=O)CNC(=O)CNC(=O)CNC(=O)C(CCC=O)NC(=O)CNC(=O)C1CCCN1)C(=O)NCC(=O)N1CCCC1C(=O)NCC(=O)O. The van der Waals surface area contributed by atoms with E-state index >= 15 is 0 Å². The summed E-state index contributed by atoms with van der Waals surface area (Å²) in [7, 11) is 0. The molecular weight excluding hydrogens is 692 g/mol. The maximum absolute atomic E-state index is 12.6. The molecule has 0 spiro atoms. The molecule has 2 saturated heterocycles. The van der Waals surface area contributed by atoms with Gasteiger partial charge < -0.3 is 62.7 Å². The van der Waals surface area contributed by atoms with E-state index in [1.807, 2.05) is 0 Å². The van der Waals surface area contributed by atoms with Gasteiger partial charge in [-0.2, -0.15) is 0 Å². The third-order valence-corrected chi connectivity index (χ3v) is 7.81. The summed E-state index contributed by atoms with van der Waals surface area (Å²) in [5.41, 5.74) is 0. The maximum atomic E-state index is 12.6. The third kappa shape index (κ3) is 15.5. The van der Waals surface area contributed by atoms with Crippen molar-refractivity contribution < 1.29 is 57.8 Å². The van der Waals surface area contributed by atoms with E-state index < -0.39 is 117 Å². The molecule has 22 nitrogen and oxygen atoms in total. The Bertz CT molecular complexity index is 1370. The summed E-state index contributed by atoms with van der Waals surface area (Å²) in [6.07, 6.45) is 2.71. The van der Waals surface area contributed by atoms with Crippen LogP contribution in [0.25, 0.3) is 0 Å². The first-order valence-corrected chi connectivity index (χ1v) is 16.6. The predicted octanol–water partition coefficient (Wildman–Crippen LogP) is -6.52. The van der Waals surface area contributed by atoms with Gasteiger partial charge in [-0.25, -0.2) is 0 Å². The molecule has 0 bridgehead atoms. The molecule has 2 rings (SSSR count). The lowest BCUT2D eigenvalue weighted by Gasteiger charge is -2.24. The van der Waals surface area contributed by atoms with E-state index in [0.717, 1.165) is 6.42 Å². The molecule has 2 aliphatic rings. The summed E-state index contributed by atoms with van der Waals surface area (Å²) in [6, 6.07) is -3.57. The van der Waals surface area contributed by atoms with Gasteiger partial charge in [-0.1, -0.05) is 0 Å². The summed E-state index contributed by atoms with van der Waals surface area (Å²) in [5, 5.41) is 30.2. The Balaban J connectivity index is 1.66. The van der Waals surface area contributed by atoms with Crippen LogP contribution < -0.4 is 47.9 Å². The molecule has 0 aromatic heterocycles. The summed E-state index contributed by atoms with van der Waals surface area (Å²) in [5.74, 6) is -7.32. The van der Waals surface area contributed by atoms with Gasteiger partial charge in [0.15, 0.2) is 0 Å². The van der Waals surface area contributed by atoms with Crippen molar-refractivity contribution in [1.82, 2.24) is 52.8 Å². The molecule has 2 heterocycles. The van der Waals surface area contributed by atoms with Crippen molar-refractivity contribution in [2.24, 2.45) is 0 Å². The molecular formula is C30H46N10O12. The van der Waals surface area contributed by atoms with Crippen LogP contribution in [0.15, 0.2) is 0 Å². The van der Waals surface area contributed by atoms with Crippen LogP contribution in [0.4, 0.5) is 0 Å². The predicted molar refractivity (Wildman–Crippen MR) is 176 cm³/mol. The molecule has 2 fully saturated rings. The zero-order chi connectivity index (χ0) is 38.6. The zero-order valence-corrected chi connectivity index (χ0v) is 28.7. The summed E-state index contributed by atoms with van der Waals surface area (Å²) in [6.45, 7) is -0.956. The molecule has 10 N–H and O–H groups in total. The molecule has 4 atom stereocenters. The van der Waals surface area contributed by atoms with E-state index in [0.29, 0.717) is 32.1 Å². The van der Waals surface area contributed by atoms with Crippen LogP contribution in [0.5, 0.6) is 0 Å². The number of aliphatic carboxylic acids is 1. The first kappa shape index (κ1) is 42.5. The Morgan fingerprint density at radius 1 is 0.712 bits per heavy atom. The number of carboxylic acid groups (broad SMARTS) is 1. The standard InChI is InChI=1S/C30H46N10O12/c1-17(27(49)36-15-25(46)40-9-3-7-20(40)30(52)37-16-26(47)48)38-23(44)13-33-21(42)11-32-22(43)12-34-29(51)19(6-4-10-41)39-24(45)14-35-28(50)18-5-2-8-31-18/h10,17-20,31H,2-9,11-16H2,1H3,(H,32,43)(H,33,42)(H,34,51)(H,35,50)(H,36,49)(H,37,52)(H,38,44)(H,39,45)(H,47,48). The van der Waals surface area contributed by atoms with Gasteiger partial charge in [-0.05, 0) is 45.6 Å². The van der Waals surface area contributed by atoms with Crippen LogP contribution in [-0.4, -0.2) is 152 Å². The molecule has 0 aromatic rings. The summed E-state index contributed by atoms with van der Waals surface area (Å²) >= 11 is 0. The second-order valence-electron chi connectivity index (χ2n) is 11.9. The van der Waals surface area contributed by atoms with Gasteiger partial charge in [-0.3, -0.25) is 47.9 Å². The van der Waals surface area contributed by atoms with Gasteiger partial charge in [0.1, 0.15) is 31.0 Å². The minimum absolute atomic E-state index is 0.0691. The summed E-state index contributed by atoms with van der Waals surface area (Å²) < 4.78 is 0. The van der Waals surface area contributed by atoms with Crippen LogP contribution in [0.1, 0.15) is 45.4 Å². The topological polar surface area (TPSA) is 320 Å². The highest BCUT2D eigenvalue weighted by molar-refractivity contribution is 5.95. The molecule has 0 radical (unpaired) electrons. The third-order valence-electron chi connectivity index (χ3n) is 7.81. The second-order valence-corrected chi connectivity index (χ2v) is 11.9. The fraction of sp³-hybridized carbons (Fsp3) is 0.633. The van der Waals surface area contributed by atoms with E-state index in [4.69, 9.17) is 5.11 Å². The molecule has 52 heavy (non-hydrogen) atoms. The maximum Gasteiger partial charge on any atom is 0.322 e. The van der Waals surface area contributed by atoms with Crippen LogP contribution in [-0.2, 0) is 52.7 Å². The van der Waals surface area contributed by atoms with Gasteiger partial charge in [0.2, 0.25) is 53.2 Å². The Morgan fingerprint density at radius 2 is 1.31 bits per heavy atom. The quantitative estimate of drug-likeness (QED) is 0.0491. The number of amides is 9. The van der Waals surface area contributed by atoms with Gasteiger partial charge in [0.25, 0.3) is 0 Å². The molecule has 22 heteroatoms. The lowest BCUT2D eigenvalue weighted by Crippen LogP contribution is -2.53. The Kier molecular flexibility index (Phi) is 18.2. The molecule has 288 valence electrons. The first-order valence-electron chi connectivity index (χ1n) is 16.6. The van der Waals surface area contributed by atoms with E-state index in [1.54, 1.807) is 0 Å². The van der Waals surface area contributed by atoms with Gasteiger partial charge >= 0.3 is 5.97 Å². The average molecular weight is 739 g/mol. The number of nitrogens with one attached hydrogen (secondary N) is 9. The fourth-order valence-corrected chi connectivity index (χ4v) is 5.11. The minimum atomic E-state index is -1.24. The highest BCUT2D eigenvalue weighted by atomic mass is 16.4. The van der Waals surface area contributed by atoms with Crippen LogP contribution in [0.2, 0.25) is 0 Å². The van der Waals surface area contributed by atoms with Crippen molar-refractivity contribution in [1.29, 1.82) is 0 Å². The van der Waals surface area contributed by atoms with E-state index in [9.17, 15) is 52.7 Å². The normalized spacial score (nSPS) is 17.4. The van der Waals surface area contributed by atoms with Crippen LogP contribution >= 0.6 is 0 Å². The zero-order valence-electron chi connectivity index (χ0n) is 28.7. The fourth-order valence-electron chi connectivity index (χ4n) is 5.11. The number of nitrogens with zero attached hydrogens (tertiary/aromatic N) is 1. The van der Waals surface area contributed by atoms with Crippen molar-refractivity contribution in [3.05, 3.63) is 0 Å². The highest BCUT2D eigenvalue weighted by Gasteiger charge is 2.34. The monoisotopic (exact) mass is 738 g/mol. The lowest BCUT2D eigenvalue weighted by molar-refractivity contribution is -0.141. The average Bonchev–Trinajstić information content (AvgIpc) is 3.84. The molecule has 2 aliphatic heterocycles. The molecule has 0 aromatic carbocycles. The van der Waals surface area contributed by atoms with Crippen LogP contribution in [0.3, 0.4) is 0 Å². The molecule has 0 aliphatic carbocycles. The van der Waals surface area contributed by atoms with E-state index in [-0.39, 0.29) is 25.3 Å². The minimum Gasteiger partial charge on any atom is -0.480 e. The number of hydrogen-bond acceptors (Lipinski definition) is 12. The number of carboxylic acids is 1. The highest BCUT2D eigenvalue weighted by Crippen LogP contribution is 2.17. The van der Waals surface area contributed by atoms with Gasteiger partial charge in [-0.15, -0.1) is 0 Å². The van der Waals surface area contributed by atoms with Crippen molar-refractivity contribution >= 4 is 65.4 Å². The van der Waals surface area contributed by atoms with Crippen LogP contribution in [0, 0.1) is 0 Å². The number of carbonyl (C=O) groups excluding carboxylic acids is 10. The van der Waals surface area contributed by atoms with Gasteiger partial charge in [0.05, 0.1) is 38.8 Å². The van der Waals surface area contributed by atoms with Crippen molar-refractivity contribution in [3.63, 3.8) is 0 Å². The largest absolute Gasteiger partial charge is 0.480 e. The number of aldehydes is 1. The number of hydrogen-bond donors (Lipinski definition) is 10. The van der Waals surface area contributed by atoms with E-state index in [1.165, 1.54) is 11.8 Å². The second kappa shape index (κ2) is 22.2.